The zero-order chi connectivity index (χ0) is 16.3. The highest BCUT2D eigenvalue weighted by molar-refractivity contribution is 7.85. The summed E-state index contributed by atoms with van der Waals surface area (Å²) in [5.74, 6) is -0.512. The Bertz CT molecular complexity index is 724. The second-order valence-electron chi connectivity index (χ2n) is 5.32. The highest BCUT2D eigenvalue weighted by Gasteiger charge is 2.33. The van der Waals surface area contributed by atoms with E-state index in [1.807, 2.05) is 0 Å². The van der Waals surface area contributed by atoms with E-state index in [-0.39, 0.29) is 24.5 Å². The van der Waals surface area contributed by atoms with Crippen molar-refractivity contribution in [3.63, 3.8) is 0 Å². The van der Waals surface area contributed by atoms with Gasteiger partial charge in [-0.2, -0.15) is 13.7 Å². The molecule has 8 heteroatoms. The molecule has 0 bridgehead atoms. The van der Waals surface area contributed by atoms with Gasteiger partial charge in [-0.15, -0.1) is 0 Å². The summed E-state index contributed by atoms with van der Waals surface area (Å²) >= 11 is 0. The van der Waals surface area contributed by atoms with Crippen LogP contribution in [0.3, 0.4) is 0 Å². The molecular weight excluding hydrogens is 306 g/mol. The molecule has 1 aromatic rings. The molecule has 2 heterocycles. The summed E-state index contributed by atoms with van der Waals surface area (Å²) in [7, 11) is -3.47. The second-order valence-corrected chi connectivity index (χ2v) is 6.97. The molecule has 0 aromatic carbocycles. The molecule has 1 N–H and O–H groups in total. The first-order valence-electron chi connectivity index (χ1n) is 6.81. The number of hydrogen-bond acceptors (Lipinski definition) is 6. The van der Waals surface area contributed by atoms with Crippen molar-refractivity contribution in [1.82, 2.24) is 10.3 Å². The van der Waals surface area contributed by atoms with Crippen molar-refractivity contribution in [2.24, 2.45) is 0 Å². The SMILES string of the molecule is Cc1ncc(C2CC(CCOS(C)(=O)=O)NC2=O)cc1C#N. The maximum absolute atomic E-state index is 12.0. The Morgan fingerprint density at radius 1 is 1.55 bits per heavy atom. The molecule has 7 nitrogen and oxygen atoms in total. The first-order chi connectivity index (χ1) is 10.3. The third kappa shape index (κ3) is 4.02. The molecule has 1 fully saturated rings. The van der Waals surface area contributed by atoms with Gasteiger partial charge in [0.05, 0.1) is 30.0 Å². The van der Waals surface area contributed by atoms with Crippen LogP contribution < -0.4 is 5.32 Å². The summed E-state index contributed by atoms with van der Waals surface area (Å²) in [6, 6.07) is 3.59. The predicted octanol–water partition coefficient (Wildman–Crippen LogP) is 0.600. The number of hydrogen-bond donors (Lipinski definition) is 1. The first kappa shape index (κ1) is 16.4. The van der Waals surface area contributed by atoms with Gasteiger partial charge in [0, 0.05) is 12.2 Å². The molecule has 22 heavy (non-hydrogen) atoms. The van der Waals surface area contributed by atoms with Gasteiger partial charge >= 0.3 is 0 Å². The molecular formula is C14H17N3O4S. The fourth-order valence-corrected chi connectivity index (χ4v) is 2.82. The van der Waals surface area contributed by atoms with Crippen molar-refractivity contribution in [3.05, 3.63) is 29.1 Å². The minimum absolute atomic E-state index is 0.0338. The molecule has 2 rings (SSSR count). The highest BCUT2D eigenvalue weighted by Crippen LogP contribution is 2.28. The van der Waals surface area contributed by atoms with E-state index in [4.69, 9.17) is 5.26 Å². The van der Waals surface area contributed by atoms with E-state index < -0.39 is 10.1 Å². The molecule has 0 saturated carbocycles. The second kappa shape index (κ2) is 6.42. The van der Waals surface area contributed by atoms with Crippen LogP contribution in [0.2, 0.25) is 0 Å². The van der Waals surface area contributed by atoms with Gasteiger partial charge in [0.1, 0.15) is 6.07 Å². The van der Waals surface area contributed by atoms with Gasteiger partial charge in [-0.05, 0) is 31.4 Å². The average Bonchev–Trinajstić information content (AvgIpc) is 2.79. The molecule has 1 aromatic heterocycles. The third-order valence-corrected chi connectivity index (χ3v) is 4.17. The van der Waals surface area contributed by atoms with Crippen molar-refractivity contribution >= 4 is 16.0 Å². The normalized spacial score (nSPS) is 21.4. The van der Waals surface area contributed by atoms with Gasteiger partial charge in [0.2, 0.25) is 5.91 Å². The molecule has 1 saturated heterocycles. The largest absolute Gasteiger partial charge is 0.353 e. The minimum Gasteiger partial charge on any atom is -0.353 e. The summed E-state index contributed by atoms with van der Waals surface area (Å²) in [6.07, 6.45) is 3.54. The Morgan fingerprint density at radius 3 is 2.91 bits per heavy atom. The molecule has 2 unspecified atom stereocenters. The lowest BCUT2D eigenvalue weighted by Crippen LogP contribution is -2.27. The molecule has 0 radical (unpaired) electrons. The standard InChI is InChI=1S/C14H17N3O4S/c1-9-10(7-15)5-11(8-16-9)13-6-12(17-14(13)18)3-4-21-22(2,19)20/h5,8,12-13H,3-4,6H2,1-2H3,(H,17,18). The summed E-state index contributed by atoms with van der Waals surface area (Å²) < 4.78 is 26.5. The monoisotopic (exact) mass is 323 g/mol. The van der Waals surface area contributed by atoms with Crippen LogP contribution in [0.1, 0.15) is 35.6 Å². The highest BCUT2D eigenvalue weighted by atomic mass is 32.2. The van der Waals surface area contributed by atoms with E-state index in [0.717, 1.165) is 6.26 Å². The van der Waals surface area contributed by atoms with E-state index in [1.165, 1.54) is 0 Å². The molecule has 1 aliphatic heterocycles. The molecule has 0 aliphatic carbocycles. The Balaban J connectivity index is 2.02. The first-order valence-corrected chi connectivity index (χ1v) is 8.63. The summed E-state index contributed by atoms with van der Waals surface area (Å²) in [5.41, 5.74) is 1.78. The Morgan fingerprint density at radius 2 is 2.27 bits per heavy atom. The van der Waals surface area contributed by atoms with E-state index in [0.29, 0.717) is 29.7 Å². The van der Waals surface area contributed by atoms with E-state index >= 15 is 0 Å². The number of nitrogens with one attached hydrogen (secondary N) is 1. The number of pyridine rings is 1. The number of nitrogens with zero attached hydrogens (tertiary/aromatic N) is 2. The van der Waals surface area contributed by atoms with Gasteiger partial charge in [-0.3, -0.25) is 14.0 Å². The maximum Gasteiger partial charge on any atom is 0.264 e. The van der Waals surface area contributed by atoms with Crippen molar-refractivity contribution in [2.75, 3.05) is 12.9 Å². The van der Waals surface area contributed by atoms with Crippen molar-refractivity contribution < 1.29 is 17.4 Å². The topological polar surface area (TPSA) is 109 Å². The molecule has 2 atom stereocenters. The number of aromatic nitrogens is 1. The summed E-state index contributed by atoms with van der Waals surface area (Å²) in [5, 5.41) is 11.8. The fourth-order valence-electron chi connectivity index (χ4n) is 2.42. The number of rotatable bonds is 5. The van der Waals surface area contributed by atoms with Gasteiger partial charge in [0.25, 0.3) is 10.1 Å². The Kier molecular flexibility index (Phi) is 4.78. The van der Waals surface area contributed by atoms with Crippen LogP contribution in [0.15, 0.2) is 12.3 Å². The minimum atomic E-state index is -3.47. The smallest absolute Gasteiger partial charge is 0.264 e. The van der Waals surface area contributed by atoms with E-state index in [2.05, 4.69) is 20.6 Å². The lowest BCUT2D eigenvalue weighted by Gasteiger charge is -2.09. The van der Waals surface area contributed by atoms with Crippen LogP contribution in [0.25, 0.3) is 0 Å². The zero-order valence-corrected chi connectivity index (χ0v) is 13.2. The molecule has 1 amide bonds. The summed E-state index contributed by atoms with van der Waals surface area (Å²) in [4.78, 5) is 16.2. The van der Waals surface area contributed by atoms with E-state index in [1.54, 1.807) is 19.2 Å². The maximum atomic E-state index is 12.0. The number of carbonyl (C=O) groups excluding carboxylic acids is 1. The third-order valence-electron chi connectivity index (χ3n) is 3.58. The lowest BCUT2D eigenvalue weighted by molar-refractivity contribution is -0.120. The van der Waals surface area contributed by atoms with Crippen LogP contribution in [-0.2, 0) is 19.1 Å². The van der Waals surface area contributed by atoms with Crippen LogP contribution >= 0.6 is 0 Å². The van der Waals surface area contributed by atoms with Gasteiger partial charge in [0.15, 0.2) is 0 Å². The lowest BCUT2D eigenvalue weighted by atomic mass is 9.95. The van der Waals surface area contributed by atoms with Crippen LogP contribution in [0.5, 0.6) is 0 Å². The zero-order valence-electron chi connectivity index (χ0n) is 12.4. The molecule has 118 valence electrons. The van der Waals surface area contributed by atoms with Crippen molar-refractivity contribution in [1.29, 1.82) is 5.26 Å². The number of amides is 1. The average molecular weight is 323 g/mol. The number of nitriles is 1. The quantitative estimate of drug-likeness (QED) is 0.795. The predicted molar refractivity (Wildman–Crippen MR) is 78.4 cm³/mol. The fraction of sp³-hybridized carbons (Fsp3) is 0.500. The van der Waals surface area contributed by atoms with Crippen LogP contribution in [0, 0.1) is 18.3 Å². The molecule has 1 aliphatic rings. The van der Waals surface area contributed by atoms with Gasteiger partial charge in [-0.25, -0.2) is 0 Å². The summed E-state index contributed by atoms with van der Waals surface area (Å²) in [6.45, 7) is 1.77. The van der Waals surface area contributed by atoms with Crippen LogP contribution in [0.4, 0.5) is 0 Å². The number of carbonyl (C=O) groups is 1. The van der Waals surface area contributed by atoms with Crippen molar-refractivity contribution in [3.8, 4) is 6.07 Å². The Labute approximate surface area is 129 Å². The number of aryl methyl sites for hydroxylation is 1. The van der Waals surface area contributed by atoms with Gasteiger partial charge < -0.3 is 5.32 Å². The van der Waals surface area contributed by atoms with Crippen LogP contribution in [-0.4, -0.2) is 38.2 Å². The van der Waals surface area contributed by atoms with E-state index in [9.17, 15) is 13.2 Å². The van der Waals surface area contributed by atoms with Crippen molar-refractivity contribution in [2.45, 2.75) is 31.7 Å². The molecule has 0 spiro atoms. The Hall–Kier alpha value is -1.98. The van der Waals surface area contributed by atoms with Gasteiger partial charge in [-0.1, -0.05) is 0 Å².